The molecule has 0 aliphatic carbocycles. The van der Waals surface area contributed by atoms with Crippen LogP contribution < -0.4 is 14.2 Å². The Balaban J connectivity index is 1.37. The predicted molar refractivity (Wildman–Crippen MR) is 114 cm³/mol. The van der Waals surface area contributed by atoms with Crippen LogP contribution in [0.2, 0.25) is 0 Å². The third-order valence-corrected chi connectivity index (χ3v) is 4.90. The molecule has 0 saturated carbocycles. The highest BCUT2D eigenvalue weighted by Gasteiger charge is 2.29. The summed E-state index contributed by atoms with van der Waals surface area (Å²) in [6, 6.07) is 19.1. The number of allylic oxidation sites excluding steroid dienone is 1. The minimum Gasteiger partial charge on any atom is -0.452 e. The van der Waals surface area contributed by atoms with Gasteiger partial charge in [-0.3, -0.25) is 4.79 Å². The van der Waals surface area contributed by atoms with Crippen molar-refractivity contribution in [2.45, 2.75) is 6.61 Å². The van der Waals surface area contributed by atoms with E-state index in [1.807, 2.05) is 12.1 Å². The smallest absolute Gasteiger partial charge is 0.387 e. The van der Waals surface area contributed by atoms with E-state index in [4.69, 9.17) is 13.9 Å². The van der Waals surface area contributed by atoms with Crippen molar-refractivity contribution in [2.24, 2.45) is 0 Å². The topological polar surface area (TPSA) is 75.0 Å². The first-order valence-electron chi connectivity index (χ1n) is 9.81. The highest BCUT2D eigenvalue weighted by molar-refractivity contribution is 6.14. The standard InChI is InChI=1S/C25H14F2O6/c26-25(27)33-19-8-4-2-5-14(19)11-21-23(28)17-10-9-16(13-20(17)32-21)30-24(29)22-12-15-6-1-3-7-18(15)31-22/h1-13,25H/b21-11-. The summed E-state index contributed by atoms with van der Waals surface area (Å²) in [6.45, 7) is -3.01. The molecule has 0 atom stereocenters. The maximum absolute atomic E-state index is 12.7. The summed E-state index contributed by atoms with van der Waals surface area (Å²) in [5.74, 6) is -0.951. The lowest BCUT2D eigenvalue weighted by Gasteiger charge is -2.08. The van der Waals surface area contributed by atoms with Crippen molar-refractivity contribution >= 4 is 28.8 Å². The molecule has 1 aliphatic heterocycles. The Morgan fingerprint density at radius 3 is 2.58 bits per heavy atom. The van der Waals surface area contributed by atoms with Gasteiger partial charge in [0.2, 0.25) is 11.5 Å². The molecule has 0 bridgehead atoms. The van der Waals surface area contributed by atoms with Gasteiger partial charge in [0, 0.05) is 17.0 Å². The monoisotopic (exact) mass is 448 g/mol. The van der Waals surface area contributed by atoms with Crippen LogP contribution in [0.25, 0.3) is 17.0 Å². The van der Waals surface area contributed by atoms with Gasteiger partial charge in [-0.2, -0.15) is 8.78 Å². The molecule has 0 saturated heterocycles. The van der Waals surface area contributed by atoms with E-state index in [1.165, 1.54) is 42.5 Å². The number of Topliss-reactive ketones (excluding diaryl/α,β-unsaturated/α-hetero) is 1. The molecule has 164 valence electrons. The maximum Gasteiger partial charge on any atom is 0.387 e. The molecular weight excluding hydrogens is 434 g/mol. The molecule has 33 heavy (non-hydrogen) atoms. The van der Waals surface area contributed by atoms with Crippen molar-refractivity contribution in [2.75, 3.05) is 0 Å². The number of carbonyl (C=O) groups is 2. The van der Waals surface area contributed by atoms with Crippen LogP contribution in [0.4, 0.5) is 8.78 Å². The Bertz CT molecular complexity index is 1390. The molecule has 1 aliphatic rings. The largest absolute Gasteiger partial charge is 0.452 e. The number of rotatable bonds is 5. The normalized spacial score (nSPS) is 13.9. The van der Waals surface area contributed by atoms with Crippen molar-refractivity contribution in [1.29, 1.82) is 0 Å². The lowest BCUT2D eigenvalue weighted by atomic mass is 10.1. The number of ether oxygens (including phenoxy) is 3. The third kappa shape index (κ3) is 4.06. The lowest BCUT2D eigenvalue weighted by molar-refractivity contribution is -0.0500. The van der Waals surface area contributed by atoms with Crippen molar-refractivity contribution in [3.05, 3.63) is 95.4 Å². The van der Waals surface area contributed by atoms with E-state index in [0.29, 0.717) is 5.58 Å². The van der Waals surface area contributed by atoms with E-state index in [2.05, 4.69) is 4.74 Å². The van der Waals surface area contributed by atoms with Crippen LogP contribution in [-0.4, -0.2) is 18.4 Å². The van der Waals surface area contributed by atoms with Gasteiger partial charge in [0.15, 0.2) is 5.76 Å². The molecule has 0 radical (unpaired) electrons. The number of hydrogen-bond acceptors (Lipinski definition) is 6. The number of furan rings is 1. The van der Waals surface area contributed by atoms with Crippen LogP contribution in [0.15, 0.2) is 83.0 Å². The van der Waals surface area contributed by atoms with Crippen LogP contribution in [0.1, 0.15) is 26.5 Å². The van der Waals surface area contributed by atoms with Gasteiger partial charge in [-0.1, -0.05) is 36.4 Å². The fraction of sp³-hybridized carbons (Fsp3) is 0.0400. The molecule has 2 heterocycles. The van der Waals surface area contributed by atoms with Gasteiger partial charge < -0.3 is 18.6 Å². The Hall–Kier alpha value is -4.46. The second-order valence-corrected chi connectivity index (χ2v) is 7.05. The van der Waals surface area contributed by atoms with E-state index >= 15 is 0 Å². The fourth-order valence-electron chi connectivity index (χ4n) is 3.41. The number of hydrogen-bond donors (Lipinski definition) is 0. The number of ketones is 1. The second-order valence-electron chi connectivity index (χ2n) is 7.05. The highest BCUT2D eigenvalue weighted by atomic mass is 19.3. The first-order valence-corrected chi connectivity index (χ1v) is 9.81. The Labute approximate surface area is 185 Å². The average Bonchev–Trinajstić information content (AvgIpc) is 3.36. The number of halogens is 2. The minimum atomic E-state index is -3.01. The van der Waals surface area contributed by atoms with Crippen LogP contribution in [0.5, 0.6) is 17.2 Å². The van der Waals surface area contributed by atoms with Crippen LogP contribution in [-0.2, 0) is 0 Å². The van der Waals surface area contributed by atoms with Gasteiger partial charge in [0.25, 0.3) is 0 Å². The van der Waals surface area contributed by atoms with Gasteiger partial charge in [-0.15, -0.1) is 0 Å². The van der Waals surface area contributed by atoms with Crippen molar-refractivity contribution in [1.82, 2.24) is 0 Å². The summed E-state index contributed by atoms with van der Waals surface area (Å²) in [7, 11) is 0. The molecule has 6 nitrogen and oxygen atoms in total. The second kappa shape index (κ2) is 8.23. The molecule has 4 aromatic rings. The predicted octanol–water partition coefficient (Wildman–Crippen LogP) is 5.87. The van der Waals surface area contributed by atoms with Gasteiger partial charge in [-0.05, 0) is 36.4 Å². The quantitative estimate of drug-likeness (QED) is 0.216. The number of carbonyl (C=O) groups excluding carboxylic acids is 2. The first kappa shape index (κ1) is 20.4. The summed E-state index contributed by atoms with van der Waals surface area (Å²) in [4.78, 5) is 25.2. The number of benzene rings is 3. The molecule has 0 spiro atoms. The summed E-state index contributed by atoms with van der Waals surface area (Å²) < 4.78 is 46.3. The summed E-state index contributed by atoms with van der Waals surface area (Å²) in [5, 5.41) is 0.762. The van der Waals surface area contributed by atoms with Crippen LogP contribution >= 0.6 is 0 Å². The number of para-hydroxylation sites is 2. The molecule has 0 fully saturated rings. The molecule has 8 heteroatoms. The van der Waals surface area contributed by atoms with Crippen molar-refractivity contribution in [3.63, 3.8) is 0 Å². The zero-order valence-electron chi connectivity index (χ0n) is 16.8. The van der Waals surface area contributed by atoms with E-state index in [-0.39, 0.29) is 39.9 Å². The SMILES string of the molecule is O=C(Oc1ccc2c(c1)O/C(=C\c1ccccc1OC(F)F)C2=O)c1cc2ccccc2o1. The highest BCUT2D eigenvalue weighted by Crippen LogP contribution is 2.36. The van der Waals surface area contributed by atoms with Gasteiger partial charge in [-0.25, -0.2) is 4.79 Å². The van der Waals surface area contributed by atoms with Gasteiger partial charge >= 0.3 is 12.6 Å². The third-order valence-electron chi connectivity index (χ3n) is 4.90. The Morgan fingerprint density at radius 1 is 0.970 bits per heavy atom. The van der Waals surface area contributed by atoms with Crippen LogP contribution in [0, 0.1) is 0 Å². The lowest BCUT2D eigenvalue weighted by Crippen LogP contribution is -2.07. The zero-order chi connectivity index (χ0) is 22.9. The number of fused-ring (bicyclic) bond motifs is 2. The molecule has 5 rings (SSSR count). The zero-order valence-corrected chi connectivity index (χ0v) is 16.8. The Kier molecular flexibility index (Phi) is 5.10. The first-order chi connectivity index (χ1) is 16.0. The number of esters is 1. The molecular formula is C25H14F2O6. The van der Waals surface area contributed by atoms with Crippen molar-refractivity contribution in [3.8, 4) is 17.2 Å². The average molecular weight is 448 g/mol. The molecule has 0 amide bonds. The molecule has 1 aromatic heterocycles. The molecule has 3 aromatic carbocycles. The van der Waals surface area contributed by atoms with E-state index in [9.17, 15) is 18.4 Å². The summed E-state index contributed by atoms with van der Waals surface area (Å²) in [6.07, 6.45) is 1.32. The fourth-order valence-corrected chi connectivity index (χ4v) is 3.41. The number of alkyl halides is 2. The van der Waals surface area contributed by atoms with E-state index < -0.39 is 18.4 Å². The summed E-state index contributed by atoms with van der Waals surface area (Å²) >= 11 is 0. The minimum absolute atomic E-state index is 0.0323. The maximum atomic E-state index is 12.7. The molecule has 0 unspecified atom stereocenters. The summed E-state index contributed by atoms with van der Waals surface area (Å²) in [5.41, 5.74) is 1.06. The van der Waals surface area contributed by atoms with Gasteiger partial charge in [0.05, 0.1) is 5.56 Å². The Morgan fingerprint density at radius 2 is 1.76 bits per heavy atom. The van der Waals surface area contributed by atoms with Crippen LogP contribution in [0.3, 0.4) is 0 Å². The van der Waals surface area contributed by atoms with Gasteiger partial charge in [0.1, 0.15) is 22.8 Å². The van der Waals surface area contributed by atoms with E-state index in [0.717, 1.165) is 5.39 Å². The molecule has 0 N–H and O–H groups in total. The van der Waals surface area contributed by atoms with Crippen molar-refractivity contribution < 1.29 is 37.0 Å². The van der Waals surface area contributed by atoms with E-state index in [1.54, 1.807) is 24.3 Å².